The van der Waals surface area contributed by atoms with Gasteiger partial charge in [0.05, 0.1) is 0 Å². The van der Waals surface area contributed by atoms with Crippen molar-refractivity contribution in [1.82, 2.24) is 5.32 Å². The largest absolute Gasteiger partial charge is 0.354 e. The van der Waals surface area contributed by atoms with E-state index in [9.17, 15) is 9.59 Å². The summed E-state index contributed by atoms with van der Waals surface area (Å²) in [5.41, 5.74) is 0. The summed E-state index contributed by atoms with van der Waals surface area (Å²) in [6.45, 7) is 6.45. The summed E-state index contributed by atoms with van der Waals surface area (Å²) < 4.78 is 0. The standard InChI is InChI=1S/C15H26N2O2/c1-4-13(12(3)18)7-5-6-9-17-15(19)14-11(2)8-10-16-14/h10-11,13-14H,4-9H2,1-3H3,(H,17,19)/t11-,13+,14-/m0/s1. The lowest BCUT2D eigenvalue weighted by Gasteiger charge is -2.14. The molecule has 19 heavy (non-hydrogen) atoms. The molecule has 0 spiro atoms. The Morgan fingerprint density at radius 1 is 1.42 bits per heavy atom. The summed E-state index contributed by atoms with van der Waals surface area (Å²) >= 11 is 0. The van der Waals surface area contributed by atoms with E-state index in [0.29, 0.717) is 12.5 Å². The van der Waals surface area contributed by atoms with Crippen LogP contribution in [0.4, 0.5) is 0 Å². The summed E-state index contributed by atoms with van der Waals surface area (Å²) in [6.07, 6.45) is 6.50. The normalized spacial score (nSPS) is 23.3. The van der Waals surface area contributed by atoms with Crippen LogP contribution in [0.15, 0.2) is 4.99 Å². The van der Waals surface area contributed by atoms with E-state index >= 15 is 0 Å². The van der Waals surface area contributed by atoms with Crippen LogP contribution >= 0.6 is 0 Å². The first-order valence-corrected chi connectivity index (χ1v) is 7.36. The number of carbonyl (C=O) groups is 2. The predicted molar refractivity (Wildman–Crippen MR) is 77.4 cm³/mol. The van der Waals surface area contributed by atoms with Gasteiger partial charge in [-0.2, -0.15) is 0 Å². The number of aliphatic imine (C=N–C) groups is 1. The predicted octanol–water partition coefficient (Wildman–Crippen LogP) is 2.37. The molecule has 1 N–H and O–H groups in total. The van der Waals surface area contributed by atoms with Gasteiger partial charge in [-0.15, -0.1) is 0 Å². The second kappa shape index (κ2) is 8.08. The lowest BCUT2D eigenvalue weighted by Crippen LogP contribution is -2.36. The van der Waals surface area contributed by atoms with Crippen molar-refractivity contribution in [3.8, 4) is 0 Å². The summed E-state index contributed by atoms with van der Waals surface area (Å²) in [5.74, 6) is 0.831. The summed E-state index contributed by atoms with van der Waals surface area (Å²) in [4.78, 5) is 27.3. The van der Waals surface area contributed by atoms with Crippen molar-refractivity contribution in [2.75, 3.05) is 6.54 Å². The highest BCUT2D eigenvalue weighted by Gasteiger charge is 2.26. The molecule has 0 bridgehead atoms. The molecule has 1 aliphatic heterocycles. The minimum Gasteiger partial charge on any atom is -0.354 e. The number of unbranched alkanes of at least 4 members (excludes halogenated alkanes) is 1. The fourth-order valence-corrected chi connectivity index (χ4v) is 2.47. The molecule has 0 saturated heterocycles. The summed E-state index contributed by atoms with van der Waals surface area (Å²) in [7, 11) is 0. The van der Waals surface area contributed by atoms with Crippen molar-refractivity contribution in [3.05, 3.63) is 0 Å². The first kappa shape index (κ1) is 15.9. The van der Waals surface area contributed by atoms with Gasteiger partial charge in [-0.05, 0) is 38.5 Å². The SMILES string of the molecule is CC[C@H](CCCCNC(=O)[C@H]1N=CC[C@@H]1C)C(C)=O. The Morgan fingerprint density at radius 3 is 2.68 bits per heavy atom. The van der Waals surface area contributed by atoms with Crippen molar-refractivity contribution in [1.29, 1.82) is 0 Å². The number of carbonyl (C=O) groups excluding carboxylic acids is 2. The van der Waals surface area contributed by atoms with E-state index in [1.165, 1.54) is 0 Å². The smallest absolute Gasteiger partial charge is 0.245 e. The van der Waals surface area contributed by atoms with E-state index < -0.39 is 0 Å². The van der Waals surface area contributed by atoms with Gasteiger partial charge in [0.15, 0.2) is 0 Å². The fraction of sp³-hybridized carbons (Fsp3) is 0.800. The number of hydrogen-bond donors (Lipinski definition) is 1. The van der Waals surface area contributed by atoms with Gasteiger partial charge in [-0.1, -0.05) is 20.3 Å². The lowest BCUT2D eigenvalue weighted by molar-refractivity contribution is -0.123. The van der Waals surface area contributed by atoms with Gasteiger partial charge in [0.1, 0.15) is 11.8 Å². The molecule has 1 heterocycles. The third-order valence-electron chi connectivity index (χ3n) is 3.90. The van der Waals surface area contributed by atoms with Crippen LogP contribution in [0.2, 0.25) is 0 Å². The Hall–Kier alpha value is -1.19. The van der Waals surface area contributed by atoms with Crippen molar-refractivity contribution in [3.63, 3.8) is 0 Å². The highest BCUT2D eigenvalue weighted by atomic mass is 16.2. The van der Waals surface area contributed by atoms with Crippen LogP contribution in [0.5, 0.6) is 0 Å². The molecule has 4 heteroatoms. The molecule has 3 atom stereocenters. The van der Waals surface area contributed by atoms with Crippen LogP contribution in [0.25, 0.3) is 0 Å². The third-order valence-corrected chi connectivity index (χ3v) is 3.90. The zero-order valence-electron chi connectivity index (χ0n) is 12.3. The van der Waals surface area contributed by atoms with Crippen molar-refractivity contribution >= 4 is 17.9 Å². The van der Waals surface area contributed by atoms with E-state index in [4.69, 9.17) is 0 Å². The van der Waals surface area contributed by atoms with E-state index in [2.05, 4.69) is 17.2 Å². The Balaban J connectivity index is 2.12. The highest BCUT2D eigenvalue weighted by molar-refractivity contribution is 5.85. The van der Waals surface area contributed by atoms with Crippen LogP contribution in [0.1, 0.15) is 52.9 Å². The average molecular weight is 266 g/mol. The molecule has 0 radical (unpaired) electrons. The second-order valence-corrected chi connectivity index (χ2v) is 5.49. The first-order valence-electron chi connectivity index (χ1n) is 7.36. The number of hydrogen-bond acceptors (Lipinski definition) is 3. The van der Waals surface area contributed by atoms with Gasteiger partial charge in [0, 0.05) is 18.7 Å². The monoisotopic (exact) mass is 266 g/mol. The van der Waals surface area contributed by atoms with Gasteiger partial charge in [0.2, 0.25) is 5.91 Å². The Kier molecular flexibility index (Phi) is 6.74. The maximum Gasteiger partial charge on any atom is 0.245 e. The Morgan fingerprint density at radius 2 is 2.16 bits per heavy atom. The zero-order valence-corrected chi connectivity index (χ0v) is 12.3. The van der Waals surface area contributed by atoms with Crippen molar-refractivity contribution in [2.24, 2.45) is 16.8 Å². The van der Waals surface area contributed by atoms with Gasteiger partial charge in [-0.3, -0.25) is 14.6 Å². The van der Waals surface area contributed by atoms with E-state index in [1.807, 2.05) is 13.1 Å². The topological polar surface area (TPSA) is 58.5 Å². The number of nitrogens with zero attached hydrogens (tertiary/aromatic N) is 1. The minimum atomic E-state index is -0.194. The molecule has 0 aromatic heterocycles. The highest BCUT2D eigenvalue weighted by Crippen LogP contribution is 2.17. The average Bonchev–Trinajstić information content (AvgIpc) is 2.79. The van der Waals surface area contributed by atoms with Crippen LogP contribution in [0.3, 0.4) is 0 Å². The van der Waals surface area contributed by atoms with Gasteiger partial charge in [-0.25, -0.2) is 0 Å². The molecule has 0 aliphatic carbocycles. The van der Waals surface area contributed by atoms with Gasteiger partial charge in [0.25, 0.3) is 0 Å². The molecule has 0 fully saturated rings. The van der Waals surface area contributed by atoms with Crippen LogP contribution in [0, 0.1) is 11.8 Å². The number of nitrogens with one attached hydrogen (secondary N) is 1. The lowest BCUT2D eigenvalue weighted by atomic mass is 9.95. The molecule has 1 aliphatic rings. The van der Waals surface area contributed by atoms with E-state index in [0.717, 1.165) is 32.1 Å². The number of Topliss-reactive ketones (excluding diaryl/α,β-unsaturated/α-hetero) is 1. The third kappa shape index (κ3) is 5.13. The molecule has 1 amide bonds. The summed E-state index contributed by atoms with van der Waals surface area (Å²) in [5, 5.41) is 2.94. The molecule has 0 aromatic rings. The van der Waals surface area contributed by atoms with E-state index in [1.54, 1.807) is 6.92 Å². The minimum absolute atomic E-state index is 0.0415. The molecule has 108 valence electrons. The van der Waals surface area contributed by atoms with Gasteiger partial charge >= 0.3 is 0 Å². The molecular weight excluding hydrogens is 240 g/mol. The van der Waals surface area contributed by atoms with Crippen molar-refractivity contribution < 1.29 is 9.59 Å². The second-order valence-electron chi connectivity index (χ2n) is 5.49. The number of amides is 1. The Labute approximate surface area is 116 Å². The van der Waals surface area contributed by atoms with Crippen LogP contribution < -0.4 is 5.32 Å². The number of rotatable bonds is 8. The quantitative estimate of drug-likeness (QED) is 0.686. The van der Waals surface area contributed by atoms with Gasteiger partial charge < -0.3 is 5.32 Å². The molecule has 0 unspecified atom stereocenters. The molecule has 0 saturated carbocycles. The Bertz CT molecular complexity index is 339. The molecule has 4 nitrogen and oxygen atoms in total. The van der Waals surface area contributed by atoms with E-state index in [-0.39, 0.29) is 23.7 Å². The molecule has 0 aromatic carbocycles. The molecular formula is C15H26N2O2. The van der Waals surface area contributed by atoms with Crippen molar-refractivity contribution in [2.45, 2.75) is 58.9 Å². The van der Waals surface area contributed by atoms with Crippen LogP contribution in [-0.4, -0.2) is 30.5 Å². The maximum absolute atomic E-state index is 11.8. The first-order chi connectivity index (χ1) is 9.06. The fourth-order valence-electron chi connectivity index (χ4n) is 2.47. The van der Waals surface area contributed by atoms with Crippen LogP contribution in [-0.2, 0) is 9.59 Å². The summed E-state index contributed by atoms with van der Waals surface area (Å²) in [6, 6.07) is -0.194. The maximum atomic E-state index is 11.8. The zero-order chi connectivity index (χ0) is 14.3. The number of ketones is 1. The molecule has 1 rings (SSSR count).